The van der Waals surface area contributed by atoms with Gasteiger partial charge in [-0.3, -0.25) is 32.4 Å². The molecule has 0 radical (unpaired) electrons. The average molecular weight is 817 g/mol. The number of hydrogen-bond donors (Lipinski definition) is 5. The lowest BCUT2D eigenvalue weighted by molar-refractivity contribution is -0.0576. The Morgan fingerprint density at radius 1 is 1.09 bits per heavy atom. The molecule has 25 heteroatoms. The van der Waals surface area contributed by atoms with Gasteiger partial charge in [-0.25, -0.2) is 33.5 Å². The number of H-pyrrole nitrogens is 1. The molecule has 3 unspecified atom stereocenters. The fourth-order valence-corrected chi connectivity index (χ4v) is 11.2. The molecule has 11 atom stereocenters. The van der Waals surface area contributed by atoms with Crippen molar-refractivity contribution in [1.29, 1.82) is 0 Å². The van der Waals surface area contributed by atoms with E-state index >= 15 is 4.39 Å². The standard InChI is InChI=1S/C28H39FN10O10P2SSi/c1-27(2,3)53(4,5)49-19-17(38-10-34-15-21(30)32-9-33-22(15)38)12-6-28(12)8-45-50(41,42)47-18-14(29)13(7-44-51(43,52)48-20(19)28)46-25(18)39-11-35-16-23(39)36-26(31)37-24(16)40/h9-14,17-20,25H,6-8H2,1-5H3,(H,41,42)(H,43,52)(H2,30,32,33)(H3,31,36,37,40)/t12-,13-,14-,17-,18-,19?,20+,25-,28+,51?/m1/s1. The molecule has 0 aromatic carbocycles. The van der Waals surface area contributed by atoms with Crippen molar-refractivity contribution < 1.29 is 45.7 Å². The van der Waals surface area contributed by atoms with Gasteiger partial charge in [0.2, 0.25) is 5.95 Å². The first-order chi connectivity index (χ1) is 24.7. The second-order valence-electron chi connectivity index (χ2n) is 15.3. The van der Waals surface area contributed by atoms with E-state index in [-0.39, 0.29) is 33.9 Å². The Morgan fingerprint density at radius 2 is 1.81 bits per heavy atom. The van der Waals surface area contributed by atoms with Gasteiger partial charge in [0.15, 0.2) is 43.3 Å². The van der Waals surface area contributed by atoms with Gasteiger partial charge >= 0.3 is 14.6 Å². The molecule has 288 valence electrons. The third-order valence-corrected chi connectivity index (χ3v) is 18.2. The number of nitrogen functional groups attached to an aromatic ring is 2. The van der Waals surface area contributed by atoms with Crippen LogP contribution in [-0.4, -0.2) is 96.1 Å². The first-order valence-electron chi connectivity index (χ1n) is 16.7. The topological polar surface area (TPSA) is 269 Å². The molecule has 2 aliphatic heterocycles. The Kier molecular flexibility index (Phi) is 8.64. The molecule has 20 nitrogen and oxygen atoms in total. The Labute approximate surface area is 306 Å². The summed E-state index contributed by atoms with van der Waals surface area (Å²) in [5.74, 6) is -0.451. The van der Waals surface area contributed by atoms with Crippen LogP contribution in [0.4, 0.5) is 16.2 Å². The summed E-state index contributed by atoms with van der Waals surface area (Å²) in [6, 6.07) is -0.561. The number of nitrogens with two attached hydrogens (primary N) is 2. The molecule has 1 spiro atoms. The van der Waals surface area contributed by atoms with E-state index in [1.807, 2.05) is 13.1 Å². The lowest BCUT2D eigenvalue weighted by Crippen LogP contribution is -2.50. The summed E-state index contributed by atoms with van der Waals surface area (Å²) in [4.78, 5) is 47.0. The van der Waals surface area contributed by atoms with Gasteiger partial charge in [-0.2, -0.15) is 4.98 Å². The van der Waals surface area contributed by atoms with E-state index in [4.69, 9.17) is 38.7 Å². The highest BCUT2D eigenvalue weighted by Crippen LogP contribution is 2.74. The number of fused-ring (bicyclic) bond motifs is 4. The SMILES string of the molecule is CC(C)(C)[Si](C)(C)OC1[C@H](n2cnc3c(N)ncnc32)[C@H]2C[C@]23COP(=O)(O)O[C@@H]2[C@H](F)[C@@H](COP(=O)(S)O[C@@H]13)O[C@H]2n1cnc2c(=O)[nH]c(N)nc21. The minimum absolute atomic E-state index is 0.108. The van der Waals surface area contributed by atoms with Crippen LogP contribution in [0.2, 0.25) is 18.1 Å². The van der Waals surface area contributed by atoms with Gasteiger partial charge < -0.3 is 30.1 Å². The van der Waals surface area contributed by atoms with E-state index in [0.717, 1.165) is 10.9 Å². The Morgan fingerprint density at radius 3 is 2.55 bits per heavy atom. The van der Waals surface area contributed by atoms with Crippen LogP contribution in [0.3, 0.4) is 0 Å². The molecular weight excluding hydrogens is 777 g/mol. The average Bonchev–Trinajstić information content (AvgIpc) is 3.32. The fraction of sp³-hybridized carbons (Fsp3) is 0.643. The first-order valence-corrected chi connectivity index (χ1v) is 23.8. The summed E-state index contributed by atoms with van der Waals surface area (Å²) in [6.45, 7) is 4.77. The van der Waals surface area contributed by atoms with E-state index in [9.17, 15) is 18.8 Å². The number of aromatic amines is 1. The molecule has 4 fully saturated rings. The van der Waals surface area contributed by atoms with Crippen LogP contribution >= 0.6 is 26.9 Å². The van der Waals surface area contributed by atoms with E-state index in [2.05, 4.69) is 62.9 Å². The Bertz CT molecular complexity index is 2270. The molecular formula is C28H39FN10O10P2SSi. The summed E-state index contributed by atoms with van der Waals surface area (Å²) in [6.07, 6.45) is -4.58. The molecule has 6 heterocycles. The lowest BCUT2D eigenvalue weighted by Gasteiger charge is -2.43. The third kappa shape index (κ3) is 6.17. The number of ether oxygens (including phenoxy) is 1. The van der Waals surface area contributed by atoms with Crippen LogP contribution in [-0.2, 0) is 36.4 Å². The smallest absolute Gasteiger partial charge is 0.409 e. The molecule has 8 rings (SSSR count). The van der Waals surface area contributed by atoms with Gasteiger partial charge in [-0.05, 0) is 30.5 Å². The maximum atomic E-state index is 16.2. The summed E-state index contributed by atoms with van der Waals surface area (Å²) in [5, 5.41) is -0.282. The number of alkyl halides is 1. The van der Waals surface area contributed by atoms with Gasteiger partial charge in [0.25, 0.3) is 5.56 Å². The lowest BCUT2D eigenvalue weighted by atomic mass is 10.0. The quantitative estimate of drug-likeness (QED) is 0.112. The fourth-order valence-electron chi connectivity index (χ4n) is 7.40. The second-order valence-corrected chi connectivity index (χ2v) is 24.4. The number of aromatic nitrogens is 8. The summed E-state index contributed by atoms with van der Waals surface area (Å²) in [7, 11) is -7.74. The summed E-state index contributed by atoms with van der Waals surface area (Å²) in [5.41, 5.74) is 10.6. The van der Waals surface area contributed by atoms with Crippen molar-refractivity contribution in [2.45, 2.75) is 88.2 Å². The van der Waals surface area contributed by atoms with Crippen LogP contribution in [0, 0.1) is 11.3 Å². The van der Waals surface area contributed by atoms with Gasteiger partial charge in [-0.15, -0.1) is 0 Å². The number of nitrogens with zero attached hydrogens (tertiary/aromatic N) is 7. The van der Waals surface area contributed by atoms with Crippen LogP contribution in [0.15, 0.2) is 23.8 Å². The van der Waals surface area contributed by atoms with Gasteiger partial charge in [0.05, 0.1) is 38.0 Å². The molecule has 4 aromatic rings. The van der Waals surface area contributed by atoms with Gasteiger partial charge in [0, 0.05) is 5.41 Å². The van der Waals surface area contributed by atoms with Crippen LogP contribution < -0.4 is 17.0 Å². The van der Waals surface area contributed by atoms with Crippen LogP contribution in [0.1, 0.15) is 39.5 Å². The number of rotatable bonds is 4. The molecule has 2 bridgehead atoms. The highest BCUT2D eigenvalue weighted by molar-refractivity contribution is 8.44. The predicted molar refractivity (Wildman–Crippen MR) is 191 cm³/mol. The van der Waals surface area contributed by atoms with E-state index in [1.54, 1.807) is 10.9 Å². The zero-order chi connectivity index (χ0) is 38.0. The van der Waals surface area contributed by atoms with E-state index in [1.165, 1.54) is 6.33 Å². The minimum Gasteiger partial charge on any atom is -0.409 e. The van der Waals surface area contributed by atoms with Crippen molar-refractivity contribution in [3.8, 4) is 0 Å². The number of thiol groups is 1. The second kappa shape index (κ2) is 12.3. The Balaban J connectivity index is 1.19. The van der Waals surface area contributed by atoms with Crippen molar-refractivity contribution in [1.82, 2.24) is 39.0 Å². The van der Waals surface area contributed by atoms with Gasteiger partial charge in [-0.1, -0.05) is 33.0 Å². The molecule has 2 saturated carbocycles. The first kappa shape index (κ1) is 37.1. The van der Waals surface area contributed by atoms with Crippen LogP contribution in [0.5, 0.6) is 0 Å². The maximum Gasteiger partial charge on any atom is 0.472 e. The number of phosphoric acid groups is 1. The number of hydrogen-bond acceptors (Lipinski definition) is 16. The van der Waals surface area contributed by atoms with Crippen molar-refractivity contribution in [2.24, 2.45) is 11.3 Å². The van der Waals surface area contributed by atoms with Crippen LogP contribution in [0.25, 0.3) is 22.3 Å². The third-order valence-electron chi connectivity index (χ3n) is 11.1. The zero-order valence-electron chi connectivity index (χ0n) is 29.1. The summed E-state index contributed by atoms with van der Waals surface area (Å²) < 4.78 is 83.3. The highest BCUT2D eigenvalue weighted by atomic mass is 32.7. The normalized spacial score (nSPS) is 37.9. The minimum atomic E-state index is -5.10. The largest absolute Gasteiger partial charge is 0.472 e. The molecule has 4 aliphatic rings. The molecule has 0 amide bonds. The molecule has 53 heavy (non-hydrogen) atoms. The number of halogens is 1. The monoisotopic (exact) mass is 816 g/mol. The molecule has 6 N–H and O–H groups in total. The maximum absolute atomic E-state index is 16.2. The van der Waals surface area contributed by atoms with Crippen molar-refractivity contribution in [3.63, 3.8) is 0 Å². The van der Waals surface area contributed by atoms with E-state index in [0.29, 0.717) is 17.6 Å². The number of anilines is 2. The molecule has 4 aromatic heterocycles. The van der Waals surface area contributed by atoms with Gasteiger partial charge in [0.1, 0.15) is 30.2 Å². The van der Waals surface area contributed by atoms with E-state index < -0.39 is 90.0 Å². The summed E-state index contributed by atoms with van der Waals surface area (Å²) >= 11 is 4.32. The van der Waals surface area contributed by atoms with Crippen molar-refractivity contribution >= 4 is 69.3 Å². The van der Waals surface area contributed by atoms with Crippen molar-refractivity contribution in [3.05, 3.63) is 29.3 Å². The highest BCUT2D eigenvalue weighted by Gasteiger charge is 2.75. The van der Waals surface area contributed by atoms with Crippen molar-refractivity contribution in [2.75, 3.05) is 24.7 Å². The predicted octanol–water partition coefficient (Wildman–Crippen LogP) is 3.27. The number of nitrogens with one attached hydrogen (secondary N) is 1. The number of imidazole rings is 2. The Hall–Kier alpha value is -2.82. The molecule has 2 aliphatic carbocycles. The molecule has 2 saturated heterocycles. The zero-order valence-corrected chi connectivity index (χ0v) is 32.8. The number of phosphoric ester groups is 1.